The van der Waals surface area contributed by atoms with E-state index < -0.39 is 10.0 Å². The van der Waals surface area contributed by atoms with Gasteiger partial charge in [0.15, 0.2) is 0 Å². The maximum Gasteiger partial charge on any atom is 0.243 e. The molecule has 0 aromatic heterocycles. The summed E-state index contributed by atoms with van der Waals surface area (Å²) in [5.41, 5.74) is 0.796. The molecule has 2 aromatic rings. The van der Waals surface area contributed by atoms with Gasteiger partial charge >= 0.3 is 0 Å². The van der Waals surface area contributed by atoms with Crippen LogP contribution in [0.4, 0.5) is 0 Å². The molecule has 0 aliphatic rings. The Morgan fingerprint density at radius 1 is 1.11 bits per heavy atom. The Kier molecular flexibility index (Phi) is 8.43. The molecule has 0 saturated carbocycles. The first-order chi connectivity index (χ1) is 12.9. The molecule has 0 unspecified atom stereocenters. The van der Waals surface area contributed by atoms with Gasteiger partial charge in [-0.3, -0.25) is 4.79 Å². The molecule has 146 valence electrons. The van der Waals surface area contributed by atoms with Gasteiger partial charge in [-0.05, 0) is 36.2 Å². The molecule has 0 aliphatic carbocycles. The molecule has 0 aliphatic heterocycles. The fraction of sp³-hybridized carbons (Fsp3) is 0.316. The van der Waals surface area contributed by atoms with Crippen molar-refractivity contribution in [3.05, 3.63) is 64.6 Å². The van der Waals surface area contributed by atoms with Gasteiger partial charge in [0.05, 0.1) is 11.4 Å². The van der Waals surface area contributed by atoms with E-state index in [0.29, 0.717) is 19.6 Å². The molecular formula is C19H23BrN2O4S. The number of rotatable bonds is 10. The third kappa shape index (κ3) is 6.73. The van der Waals surface area contributed by atoms with Gasteiger partial charge in [0.2, 0.25) is 15.9 Å². The molecule has 1 amide bonds. The van der Waals surface area contributed by atoms with Gasteiger partial charge in [-0.15, -0.1) is 0 Å². The van der Waals surface area contributed by atoms with Crippen molar-refractivity contribution in [1.29, 1.82) is 0 Å². The molecule has 2 aromatic carbocycles. The summed E-state index contributed by atoms with van der Waals surface area (Å²) in [6.45, 7) is 0.825. The lowest BCUT2D eigenvalue weighted by atomic mass is 10.2. The molecule has 0 fully saturated rings. The van der Waals surface area contributed by atoms with Crippen LogP contribution in [0.2, 0.25) is 0 Å². The first kappa shape index (κ1) is 21.6. The van der Waals surface area contributed by atoms with Gasteiger partial charge in [0.1, 0.15) is 0 Å². The van der Waals surface area contributed by atoms with Crippen molar-refractivity contribution in [2.75, 3.05) is 26.8 Å². The van der Waals surface area contributed by atoms with Crippen molar-refractivity contribution in [3.8, 4) is 0 Å². The second-order valence-corrected chi connectivity index (χ2v) is 8.76. The Morgan fingerprint density at radius 2 is 1.78 bits per heavy atom. The van der Waals surface area contributed by atoms with Crippen molar-refractivity contribution in [2.24, 2.45) is 0 Å². The summed E-state index contributed by atoms with van der Waals surface area (Å²) < 4.78 is 33.1. The Labute approximate surface area is 168 Å². The zero-order valence-electron chi connectivity index (χ0n) is 15.1. The van der Waals surface area contributed by atoms with Crippen LogP contribution in [0.3, 0.4) is 0 Å². The second-order valence-electron chi connectivity index (χ2n) is 5.91. The van der Waals surface area contributed by atoms with E-state index in [4.69, 9.17) is 4.74 Å². The highest BCUT2D eigenvalue weighted by Crippen LogP contribution is 2.19. The fourth-order valence-electron chi connectivity index (χ4n) is 2.42. The van der Waals surface area contributed by atoms with Gasteiger partial charge in [-0.2, -0.15) is 4.31 Å². The van der Waals surface area contributed by atoms with Crippen molar-refractivity contribution >= 4 is 31.9 Å². The smallest absolute Gasteiger partial charge is 0.243 e. The van der Waals surface area contributed by atoms with Crippen LogP contribution in [0.25, 0.3) is 0 Å². The minimum Gasteiger partial charge on any atom is -0.385 e. The molecule has 0 radical (unpaired) electrons. The van der Waals surface area contributed by atoms with E-state index in [-0.39, 0.29) is 23.9 Å². The van der Waals surface area contributed by atoms with Crippen LogP contribution >= 0.6 is 15.9 Å². The number of nitrogens with zero attached hydrogens (tertiary/aromatic N) is 1. The van der Waals surface area contributed by atoms with Crippen LogP contribution in [0.15, 0.2) is 64.0 Å². The third-order valence-electron chi connectivity index (χ3n) is 3.82. The molecule has 27 heavy (non-hydrogen) atoms. The summed E-state index contributed by atoms with van der Waals surface area (Å²) in [6.07, 6.45) is 0.667. The predicted octanol–water partition coefficient (Wildman–Crippen LogP) is 2.79. The number of amides is 1. The quantitative estimate of drug-likeness (QED) is 0.560. The van der Waals surface area contributed by atoms with Crippen molar-refractivity contribution in [3.63, 3.8) is 0 Å². The monoisotopic (exact) mass is 454 g/mol. The van der Waals surface area contributed by atoms with Crippen molar-refractivity contribution in [2.45, 2.75) is 17.9 Å². The highest BCUT2D eigenvalue weighted by atomic mass is 79.9. The molecule has 6 nitrogen and oxygen atoms in total. The van der Waals surface area contributed by atoms with Crippen LogP contribution in [0.5, 0.6) is 0 Å². The molecule has 0 atom stereocenters. The summed E-state index contributed by atoms with van der Waals surface area (Å²) in [7, 11) is -2.21. The van der Waals surface area contributed by atoms with Crippen LogP contribution < -0.4 is 5.32 Å². The van der Waals surface area contributed by atoms with E-state index in [1.165, 1.54) is 16.4 Å². The van der Waals surface area contributed by atoms with Crippen LogP contribution in [-0.2, 0) is 26.1 Å². The van der Waals surface area contributed by atoms with Gasteiger partial charge in [0, 0.05) is 31.3 Å². The number of nitrogens with one attached hydrogen (secondary N) is 1. The Bertz CT molecular complexity index is 827. The van der Waals surface area contributed by atoms with Crippen LogP contribution in [-0.4, -0.2) is 45.4 Å². The highest BCUT2D eigenvalue weighted by Gasteiger charge is 2.26. The zero-order valence-corrected chi connectivity index (χ0v) is 17.5. The Hall–Kier alpha value is -1.74. The fourth-order valence-corrected chi connectivity index (χ4v) is 4.09. The van der Waals surface area contributed by atoms with Gasteiger partial charge in [-0.25, -0.2) is 8.42 Å². The number of hydrogen-bond acceptors (Lipinski definition) is 4. The number of hydrogen-bond donors (Lipinski definition) is 1. The topological polar surface area (TPSA) is 75.7 Å². The largest absolute Gasteiger partial charge is 0.385 e. The minimum atomic E-state index is -3.80. The predicted molar refractivity (Wildman–Crippen MR) is 108 cm³/mol. The normalized spacial score (nSPS) is 11.5. The first-order valence-electron chi connectivity index (χ1n) is 8.49. The highest BCUT2D eigenvalue weighted by molar-refractivity contribution is 9.10. The third-order valence-corrected chi connectivity index (χ3v) is 6.16. The van der Waals surface area contributed by atoms with Gasteiger partial charge in [-0.1, -0.05) is 46.3 Å². The summed E-state index contributed by atoms with van der Waals surface area (Å²) >= 11 is 3.36. The average molecular weight is 455 g/mol. The van der Waals surface area contributed by atoms with E-state index in [0.717, 1.165) is 10.0 Å². The lowest BCUT2D eigenvalue weighted by molar-refractivity contribution is -0.121. The molecular weight excluding hydrogens is 432 g/mol. The SMILES string of the molecule is COCCCNC(=O)CN(Cc1ccc(Br)cc1)S(=O)(=O)c1ccccc1. The maximum absolute atomic E-state index is 13.0. The molecule has 8 heteroatoms. The van der Waals surface area contributed by atoms with Gasteiger partial charge in [0.25, 0.3) is 0 Å². The maximum atomic E-state index is 13.0. The van der Waals surface area contributed by atoms with Crippen LogP contribution in [0, 0.1) is 0 Å². The van der Waals surface area contributed by atoms with Gasteiger partial charge < -0.3 is 10.1 Å². The van der Waals surface area contributed by atoms with Crippen molar-refractivity contribution in [1.82, 2.24) is 9.62 Å². The number of ether oxygens (including phenoxy) is 1. The molecule has 0 spiro atoms. The average Bonchev–Trinajstić information content (AvgIpc) is 2.67. The minimum absolute atomic E-state index is 0.107. The summed E-state index contributed by atoms with van der Waals surface area (Å²) in [5, 5.41) is 2.73. The van der Waals surface area contributed by atoms with Crippen LogP contribution in [0.1, 0.15) is 12.0 Å². The number of benzene rings is 2. The number of carbonyl (C=O) groups is 1. The Balaban J connectivity index is 2.17. The van der Waals surface area contributed by atoms with E-state index in [2.05, 4.69) is 21.2 Å². The number of sulfonamides is 1. The van der Waals surface area contributed by atoms with E-state index in [1.807, 2.05) is 24.3 Å². The molecule has 2 rings (SSSR count). The van der Waals surface area contributed by atoms with Crippen molar-refractivity contribution < 1.29 is 17.9 Å². The Morgan fingerprint density at radius 3 is 2.41 bits per heavy atom. The molecule has 0 bridgehead atoms. The molecule has 0 heterocycles. The number of halogens is 1. The first-order valence-corrected chi connectivity index (χ1v) is 10.7. The number of methoxy groups -OCH3 is 1. The molecule has 1 N–H and O–H groups in total. The molecule has 0 saturated heterocycles. The van der Waals surface area contributed by atoms with E-state index in [9.17, 15) is 13.2 Å². The second kappa shape index (κ2) is 10.6. The summed E-state index contributed by atoms with van der Waals surface area (Å²) in [4.78, 5) is 12.4. The van der Waals surface area contributed by atoms with E-state index in [1.54, 1.807) is 25.3 Å². The number of carbonyl (C=O) groups excluding carboxylic acids is 1. The summed E-state index contributed by atoms with van der Waals surface area (Å²) in [6, 6.07) is 15.5. The van der Waals surface area contributed by atoms with E-state index >= 15 is 0 Å². The zero-order chi connectivity index (χ0) is 19.7. The standard InChI is InChI=1S/C19H23BrN2O4S/c1-26-13-5-12-21-19(23)15-22(14-16-8-10-17(20)11-9-16)27(24,25)18-6-3-2-4-7-18/h2-4,6-11H,5,12-15H2,1H3,(H,21,23). The lowest BCUT2D eigenvalue weighted by Crippen LogP contribution is -2.40. The summed E-state index contributed by atoms with van der Waals surface area (Å²) in [5.74, 6) is -0.345. The lowest BCUT2D eigenvalue weighted by Gasteiger charge is -2.22.